The molecule has 0 saturated heterocycles. The van der Waals surface area contributed by atoms with E-state index in [9.17, 15) is 4.79 Å². The number of nitrogens with two attached hydrogens (primary N) is 1. The molecule has 3 heteroatoms. The van der Waals surface area contributed by atoms with Crippen LogP contribution in [0, 0.1) is 5.92 Å². The molecular formula is C18H26N2O. The van der Waals surface area contributed by atoms with Crippen LogP contribution in [0.25, 0.3) is 0 Å². The summed E-state index contributed by atoms with van der Waals surface area (Å²) in [6.07, 6.45) is 9.29. The molecule has 0 spiro atoms. The molecule has 1 fully saturated rings. The number of benzene rings is 1. The van der Waals surface area contributed by atoms with Crippen molar-refractivity contribution in [1.29, 1.82) is 0 Å². The first-order valence-corrected chi connectivity index (χ1v) is 8.40. The van der Waals surface area contributed by atoms with Crippen LogP contribution in [0.5, 0.6) is 0 Å². The summed E-state index contributed by atoms with van der Waals surface area (Å²) < 4.78 is 0. The number of para-hydroxylation sites is 1. The molecule has 114 valence electrons. The molecular weight excluding hydrogens is 260 g/mol. The van der Waals surface area contributed by atoms with Gasteiger partial charge in [-0.25, -0.2) is 0 Å². The van der Waals surface area contributed by atoms with E-state index >= 15 is 0 Å². The first-order valence-electron chi connectivity index (χ1n) is 8.40. The number of fused-ring (bicyclic) bond motifs is 1. The molecule has 1 aliphatic heterocycles. The number of hydrogen-bond acceptors (Lipinski definition) is 2. The normalized spacial score (nSPS) is 23.5. The molecule has 1 unspecified atom stereocenters. The lowest BCUT2D eigenvalue weighted by Crippen LogP contribution is -2.39. The molecule has 3 nitrogen and oxygen atoms in total. The third-order valence-corrected chi connectivity index (χ3v) is 5.03. The van der Waals surface area contributed by atoms with Crippen molar-refractivity contribution in [3.8, 4) is 0 Å². The molecule has 1 aromatic rings. The van der Waals surface area contributed by atoms with Crippen molar-refractivity contribution >= 4 is 11.6 Å². The molecule has 0 radical (unpaired) electrons. The van der Waals surface area contributed by atoms with Gasteiger partial charge in [0.1, 0.15) is 0 Å². The number of carbonyl (C=O) groups is 1. The Labute approximate surface area is 127 Å². The van der Waals surface area contributed by atoms with E-state index in [2.05, 4.69) is 6.07 Å². The summed E-state index contributed by atoms with van der Waals surface area (Å²) in [4.78, 5) is 14.7. The van der Waals surface area contributed by atoms with Crippen LogP contribution in [0.15, 0.2) is 24.3 Å². The van der Waals surface area contributed by atoms with E-state index in [0.29, 0.717) is 18.2 Å². The Morgan fingerprint density at radius 3 is 2.57 bits per heavy atom. The standard InChI is InChI=1S/C18H26N2O/c19-16-11-12-20(17-10-6-5-9-15(16)17)18(21)13-14-7-3-1-2-4-8-14/h5-6,9-10,14,16H,1-4,7-8,11-13,19H2. The van der Waals surface area contributed by atoms with Gasteiger partial charge < -0.3 is 10.6 Å². The second-order valence-corrected chi connectivity index (χ2v) is 6.56. The fourth-order valence-corrected chi connectivity index (χ4v) is 3.78. The van der Waals surface area contributed by atoms with Crippen LogP contribution in [-0.4, -0.2) is 12.5 Å². The number of rotatable bonds is 2. The van der Waals surface area contributed by atoms with E-state index < -0.39 is 0 Å². The summed E-state index contributed by atoms with van der Waals surface area (Å²) in [5.74, 6) is 0.879. The first-order chi connectivity index (χ1) is 10.3. The second-order valence-electron chi connectivity index (χ2n) is 6.56. The summed E-state index contributed by atoms with van der Waals surface area (Å²) in [5.41, 5.74) is 8.34. The zero-order valence-corrected chi connectivity index (χ0v) is 12.8. The van der Waals surface area contributed by atoms with Crippen LogP contribution < -0.4 is 10.6 Å². The molecule has 3 rings (SSSR count). The fraction of sp³-hybridized carbons (Fsp3) is 0.611. The van der Waals surface area contributed by atoms with Gasteiger partial charge in [0.15, 0.2) is 0 Å². The van der Waals surface area contributed by atoms with Gasteiger partial charge in [0.25, 0.3) is 0 Å². The quantitative estimate of drug-likeness (QED) is 0.841. The second kappa shape index (κ2) is 6.61. The Hall–Kier alpha value is -1.35. The van der Waals surface area contributed by atoms with Crippen molar-refractivity contribution in [2.75, 3.05) is 11.4 Å². The summed E-state index contributed by atoms with van der Waals surface area (Å²) in [6.45, 7) is 0.768. The van der Waals surface area contributed by atoms with Crippen molar-refractivity contribution < 1.29 is 4.79 Å². The number of carbonyl (C=O) groups excluding carboxylic acids is 1. The van der Waals surface area contributed by atoms with Crippen LogP contribution in [0.1, 0.15) is 63.0 Å². The zero-order valence-electron chi connectivity index (χ0n) is 12.8. The lowest BCUT2D eigenvalue weighted by atomic mass is 9.93. The number of nitrogens with zero attached hydrogens (tertiary/aromatic N) is 1. The minimum atomic E-state index is 0.0723. The predicted octanol–water partition coefficient (Wildman–Crippen LogP) is 3.78. The molecule has 1 aliphatic carbocycles. The Balaban J connectivity index is 1.71. The summed E-state index contributed by atoms with van der Waals surface area (Å²) >= 11 is 0. The van der Waals surface area contributed by atoms with Crippen LogP contribution in [0.2, 0.25) is 0 Å². The highest BCUT2D eigenvalue weighted by molar-refractivity contribution is 5.94. The molecule has 1 aromatic carbocycles. The van der Waals surface area contributed by atoms with Gasteiger partial charge in [-0.3, -0.25) is 4.79 Å². The fourth-order valence-electron chi connectivity index (χ4n) is 3.78. The van der Waals surface area contributed by atoms with Gasteiger partial charge in [-0.15, -0.1) is 0 Å². The van der Waals surface area contributed by atoms with E-state index in [4.69, 9.17) is 5.73 Å². The molecule has 0 bridgehead atoms. The molecule has 1 saturated carbocycles. The van der Waals surface area contributed by atoms with Crippen LogP contribution in [0.4, 0.5) is 5.69 Å². The lowest BCUT2D eigenvalue weighted by Gasteiger charge is -2.33. The summed E-state index contributed by atoms with van der Waals surface area (Å²) in [6, 6.07) is 8.19. The lowest BCUT2D eigenvalue weighted by molar-refractivity contribution is -0.119. The number of hydrogen-bond donors (Lipinski definition) is 1. The van der Waals surface area contributed by atoms with Crippen molar-refractivity contribution in [2.24, 2.45) is 11.7 Å². The van der Waals surface area contributed by atoms with Crippen LogP contribution in [-0.2, 0) is 4.79 Å². The maximum Gasteiger partial charge on any atom is 0.227 e. The van der Waals surface area contributed by atoms with E-state index in [1.165, 1.54) is 38.5 Å². The van der Waals surface area contributed by atoms with E-state index in [-0.39, 0.29) is 6.04 Å². The van der Waals surface area contributed by atoms with E-state index in [1.807, 2.05) is 23.1 Å². The Morgan fingerprint density at radius 1 is 1.10 bits per heavy atom. The van der Waals surface area contributed by atoms with E-state index in [0.717, 1.165) is 24.2 Å². The number of anilines is 1. The maximum atomic E-state index is 12.7. The topological polar surface area (TPSA) is 46.3 Å². The van der Waals surface area contributed by atoms with Gasteiger partial charge in [0.05, 0.1) is 0 Å². The largest absolute Gasteiger partial charge is 0.324 e. The highest BCUT2D eigenvalue weighted by atomic mass is 16.2. The Bertz CT molecular complexity index is 492. The molecule has 1 amide bonds. The monoisotopic (exact) mass is 286 g/mol. The summed E-state index contributed by atoms with van der Waals surface area (Å²) in [7, 11) is 0. The Morgan fingerprint density at radius 2 is 1.81 bits per heavy atom. The predicted molar refractivity (Wildman–Crippen MR) is 86.1 cm³/mol. The van der Waals surface area contributed by atoms with Crippen molar-refractivity contribution in [1.82, 2.24) is 0 Å². The van der Waals surface area contributed by atoms with Gasteiger partial charge in [-0.2, -0.15) is 0 Å². The average Bonchev–Trinajstić information content (AvgIpc) is 2.76. The van der Waals surface area contributed by atoms with E-state index in [1.54, 1.807) is 0 Å². The van der Waals surface area contributed by atoms with Gasteiger partial charge in [-0.1, -0.05) is 43.9 Å². The molecule has 0 aromatic heterocycles. The van der Waals surface area contributed by atoms with Crippen molar-refractivity contribution in [3.05, 3.63) is 29.8 Å². The zero-order chi connectivity index (χ0) is 14.7. The number of amides is 1. The summed E-state index contributed by atoms with van der Waals surface area (Å²) in [5, 5.41) is 0. The van der Waals surface area contributed by atoms with Crippen LogP contribution in [0.3, 0.4) is 0 Å². The average molecular weight is 286 g/mol. The highest BCUT2D eigenvalue weighted by Gasteiger charge is 2.27. The molecule has 2 N–H and O–H groups in total. The molecule has 2 aliphatic rings. The van der Waals surface area contributed by atoms with Gasteiger partial charge in [-0.05, 0) is 36.8 Å². The maximum absolute atomic E-state index is 12.7. The van der Waals surface area contributed by atoms with Gasteiger partial charge >= 0.3 is 0 Å². The molecule has 21 heavy (non-hydrogen) atoms. The Kier molecular flexibility index (Phi) is 4.59. The minimum Gasteiger partial charge on any atom is -0.324 e. The third-order valence-electron chi connectivity index (χ3n) is 5.03. The third kappa shape index (κ3) is 3.29. The smallest absolute Gasteiger partial charge is 0.227 e. The highest BCUT2D eigenvalue weighted by Crippen LogP contribution is 2.34. The molecule has 1 heterocycles. The van der Waals surface area contributed by atoms with Crippen molar-refractivity contribution in [3.63, 3.8) is 0 Å². The van der Waals surface area contributed by atoms with Crippen molar-refractivity contribution in [2.45, 2.75) is 57.4 Å². The van der Waals surface area contributed by atoms with Gasteiger partial charge in [0, 0.05) is 24.7 Å². The minimum absolute atomic E-state index is 0.0723. The molecule has 1 atom stereocenters. The van der Waals surface area contributed by atoms with Crippen LogP contribution >= 0.6 is 0 Å². The van der Waals surface area contributed by atoms with Gasteiger partial charge in [0.2, 0.25) is 5.91 Å². The SMILES string of the molecule is NC1CCN(C(=O)CC2CCCCCC2)c2ccccc21. The first kappa shape index (κ1) is 14.6.